The van der Waals surface area contributed by atoms with Gasteiger partial charge >= 0.3 is 11.9 Å². The molecular formula is C21H37NO4S4. The quantitative estimate of drug-likeness (QED) is 0.158. The molecule has 0 bridgehead atoms. The van der Waals surface area contributed by atoms with Gasteiger partial charge in [-0.3, -0.25) is 14.5 Å². The van der Waals surface area contributed by atoms with Crippen LogP contribution in [0.15, 0.2) is 0 Å². The molecule has 0 N–H and O–H groups in total. The van der Waals surface area contributed by atoms with Crippen LogP contribution in [-0.2, 0) is 19.1 Å². The summed E-state index contributed by atoms with van der Waals surface area (Å²) in [4.78, 5) is 25.7. The van der Waals surface area contributed by atoms with Gasteiger partial charge in [-0.2, -0.15) is 0 Å². The summed E-state index contributed by atoms with van der Waals surface area (Å²) in [7, 11) is 9.88. The van der Waals surface area contributed by atoms with Crippen LogP contribution in [0.3, 0.4) is 0 Å². The van der Waals surface area contributed by atoms with Crippen molar-refractivity contribution in [2.45, 2.75) is 74.7 Å². The third kappa shape index (κ3) is 13.0. The minimum absolute atomic E-state index is 0.0992. The Hall–Kier alpha value is 0.300. The highest BCUT2D eigenvalue weighted by Crippen LogP contribution is 2.40. The van der Waals surface area contributed by atoms with Gasteiger partial charge in [0.15, 0.2) is 0 Å². The van der Waals surface area contributed by atoms with Crippen LogP contribution in [-0.4, -0.2) is 72.2 Å². The zero-order chi connectivity index (χ0) is 21.4. The smallest absolute Gasteiger partial charge is 0.305 e. The number of carbonyl (C=O) groups is 2. The van der Waals surface area contributed by atoms with Crippen molar-refractivity contribution in [3.63, 3.8) is 0 Å². The molecule has 174 valence electrons. The minimum Gasteiger partial charge on any atom is -0.464 e. The lowest BCUT2D eigenvalue weighted by molar-refractivity contribution is -0.144. The van der Waals surface area contributed by atoms with E-state index in [0.717, 1.165) is 36.2 Å². The average molecular weight is 496 g/mol. The van der Waals surface area contributed by atoms with Gasteiger partial charge < -0.3 is 9.47 Å². The molecule has 9 heteroatoms. The third-order valence-electron chi connectivity index (χ3n) is 5.24. The first-order valence-corrected chi connectivity index (χ1v) is 16.0. The Kier molecular flexibility index (Phi) is 14.9. The Balaban J connectivity index is 1.35. The molecule has 0 saturated carbocycles. The van der Waals surface area contributed by atoms with Crippen LogP contribution in [0.25, 0.3) is 0 Å². The number of ether oxygens (including phenoxy) is 2. The lowest BCUT2D eigenvalue weighted by Gasteiger charge is -2.16. The molecule has 2 saturated heterocycles. The molecule has 2 atom stereocenters. The molecule has 2 fully saturated rings. The SMILES string of the molecule is CN(CCOC(=O)CCCCC1CCSS1)CCOC(=O)CCCCC1CCSS1. The molecule has 5 nitrogen and oxygen atoms in total. The van der Waals surface area contributed by atoms with Crippen LogP contribution in [0.4, 0.5) is 0 Å². The Morgan fingerprint density at radius 1 is 0.800 bits per heavy atom. The predicted octanol–water partition coefficient (Wildman–Crippen LogP) is 5.43. The summed E-state index contributed by atoms with van der Waals surface area (Å²) >= 11 is 0. The van der Waals surface area contributed by atoms with Gasteiger partial charge in [-0.05, 0) is 45.6 Å². The zero-order valence-electron chi connectivity index (χ0n) is 18.2. The molecule has 30 heavy (non-hydrogen) atoms. The molecule has 2 aliphatic rings. The Morgan fingerprint density at radius 2 is 1.27 bits per heavy atom. The number of hydrogen-bond acceptors (Lipinski definition) is 9. The number of nitrogens with zero attached hydrogens (tertiary/aromatic N) is 1. The van der Waals surface area contributed by atoms with Gasteiger partial charge in [-0.1, -0.05) is 56.0 Å². The second-order valence-electron chi connectivity index (χ2n) is 7.89. The van der Waals surface area contributed by atoms with E-state index in [2.05, 4.69) is 0 Å². The van der Waals surface area contributed by atoms with Gasteiger partial charge in [0.2, 0.25) is 0 Å². The summed E-state index contributed by atoms with van der Waals surface area (Å²) in [5, 5.41) is 1.56. The van der Waals surface area contributed by atoms with Gasteiger partial charge in [0.25, 0.3) is 0 Å². The van der Waals surface area contributed by atoms with E-state index in [9.17, 15) is 9.59 Å². The molecule has 0 amide bonds. The van der Waals surface area contributed by atoms with Gasteiger partial charge in [0.05, 0.1) is 0 Å². The highest BCUT2D eigenvalue weighted by Gasteiger charge is 2.17. The van der Waals surface area contributed by atoms with E-state index < -0.39 is 0 Å². The summed E-state index contributed by atoms with van der Waals surface area (Å²) in [5.41, 5.74) is 0. The molecule has 0 aliphatic carbocycles. The molecule has 2 heterocycles. The number of hydrogen-bond donors (Lipinski definition) is 0. The number of esters is 2. The number of rotatable bonds is 16. The Morgan fingerprint density at radius 3 is 1.67 bits per heavy atom. The minimum atomic E-state index is -0.0992. The molecule has 0 spiro atoms. The maximum absolute atomic E-state index is 11.8. The van der Waals surface area contributed by atoms with E-state index in [0.29, 0.717) is 39.1 Å². The Bertz CT molecular complexity index is 444. The van der Waals surface area contributed by atoms with Gasteiger partial charge in [-0.25, -0.2) is 0 Å². The summed E-state index contributed by atoms with van der Waals surface area (Å²) in [5.74, 6) is 2.34. The molecule has 2 rings (SSSR count). The Labute approximate surface area is 198 Å². The lowest BCUT2D eigenvalue weighted by atomic mass is 10.1. The third-order valence-corrected chi connectivity index (χ3v) is 11.3. The van der Waals surface area contributed by atoms with Crippen molar-refractivity contribution in [2.75, 3.05) is 44.9 Å². The van der Waals surface area contributed by atoms with Crippen molar-refractivity contribution >= 4 is 55.1 Å². The van der Waals surface area contributed by atoms with E-state index in [1.165, 1.54) is 37.2 Å². The van der Waals surface area contributed by atoms with E-state index >= 15 is 0 Å². The van der Waals surface area contributed by atoms with E-state index in [1.807, 2.05) is 55.1 Å². The topological polar surface area (TPSA) is 55.8 Å². The van der Waals surface area contributed by atoms with Crippen LogP contribution in [0.5, 0.6) is 0 Å². The fraction of sp³-hybridized carbons (Fsp3) is 0.905. The normalized spacial score (nSPS) is 21.3. The fourth-order valence-corrected chi connectivity index (χ4v) is 9.35. The van der Waals surface area contributed by atoms with Crippen LogP contribution in [0.1, 0.15) is 64.2 Å². The first-order valence-electron chi connectivity index (χ1n) is 11.2. The van der Waals surface area contributed by atoms with Gasteiger partial charge in [-0.15, -0.1) is 0 Å². The van der Waals surface area contributed by atoms with Crippen molar-refractivity contribution < 1.29 is 19.1 Å². The van der Waals surface area contributed by atoms with Crippen molar-refractivity contribution in [1.82, 2.24) is 4.90 Å². The monoisotopic (exact) mass is 495 g/mol. The zero-order valence-corrected chi connectivity index (χ0v) is 21.4. The number of unbranched alkanes of at least 4 members (excludes halogenated alkanes) is 2. The highest BCUT2D eigenvalue weighted by atomic mass is 33.1. The van der Waals surface area contributed by atoms with Crippen molar-refractivity contribution in [3.8, 4) is 0 Å². The summed E-state index contributed by atoms with van der Waals surface area (Å²) in [6.45, 7) is 2.12. The van der Waals surface area contributed by atoms with Crippen LogP contribution < -0.4 is 0 Å². The second-order valence-corrected chi connectivity index (χ2v) is 13.5. The molecular weight excluding hydrogens is 459 g/mol. The summed E-state index contributed by atoms with van der Waals surface area (Å²) in [6, 6.07) is 0. The molecule has 0 aromatic carbocycles. The maximum Gasteiger partial charge on any atom is 0.305 e. The molecule has 2 unspecified atom stereocenters. The molecule has 2 aliphatic heterocycles. The average Bonchev–Trinajstić information content (AvgIpc) is 3.43. The summed E-state index contributed by atoms with van der Waals surface area (Å²) < 4.78 is 10.6. The van der Waals surface area contributed by atoms with Crippen molar-refractivity contribution in [2.24, 2.45) is 0 Å². The lowest BCUT2D eigenvalue weighted by Crippen LogP contribution is -2.28. The first kappa shape index (κ1) is 26.6. The molecule has 0 radical (unpaired) electrons. The van der Waals surface area contributed by atoms with Crippen LogP contribution >= 0.6 is 43.2 Å². The second kappa shape index (κ2) is 16.9. The largest absolute Gasteiger partial charge is 0.464 e. The standard InChI is InChI=1S/C21H37NO4S4/c1-22(12-14-25-20(23)8-4-2-6-18-10-16-27-29-18)13-15-26-21(24)9-5-3-7-19-11-17-28-30-19/h18-19H,2-17H2,1H3. The van der Waals surface area contributed by atoms with E-state index in [1.54, 1.807) is 0 Å². The van der Waals surface area contributed by atoms with Crippen LogP contribution in [0, 0.1) is 0 Å². The highest BCUT2D eigenvalue weighted by molar-refractivity contribution is 8.77. The molecule has 0 aromatic rings. The van der Waals surface area contributed by atoms with Crippen molar-refractivity contribution in [3.05, 3.63) is 0 Å². The maximum atomic E-state index is 11.8. The van der Waals surface area contributed by atoms with Crippen molar-refractivity contribution in [1.29, 1.82) is 0 Å². The van der Waals surface area contributed by atoms with E-state index in [4.69, 9.17) is 9.47 Å². The van der Waals surface area contributed by atoms with Gasteiger partial charge in [0.1, 0.15) is 13.2 Å². The summed E-state index contributed by atoms with van der Waals surface area (Å²) in [6.07, 6.45) is 10.1. The number of likely N-dealkylation sites (N-methyl/N-ethyl adjacent to an activating group) is 1. The van der Waals surface area contributed by atoms with Gasteiger partial charge in [0, 0.05) is 47.9 Å². The molecule has 0 aromatic heterocycles. The van der Waals surface area contributed by atoms with E-state index in [-0.39, 0.29) is 11.9 Å². The first-order chi connectivity index (χ1) is 14.6. The fourth-order valence-electron chi connectivity index (χ4n) is 3.30. The predicted molar refractivity (Wildman–Crippen MR) is 133 cm³/mol. The van der Waals surface area contributed by atoms with Crippen LogP contribution in [0.2, 0.25) is 0 Å². The number of carbonyl (C=O) groups excluding carboxylic acids is 2.